The van der Waals surface area contributed by atoms with Crippen LogP contribution >= 0.6 is 23.4 Å². The SMILES string of the molecule is CSCc1ccc(C(=O)Nc2cc(NC(C)=O)ccc2Cl)cc1. The molecule has 4 nitrogen and oxygen atoms in total. The summed E-state index contributed by atoms with van der Waals surface area (Å²) in [6, 6.07) is 12.4. The van der Waals surface area contributed by atoms with Gasteiger partial charge in [-0.3, -0.25) is 9.59 Å². The first kappa shape index (κ1) is 17.4. The van der Waals surface area contributed by atoms with Crippen molar-refractivity contribution in [3.05, 3.63) is 58.6 Å². The molecule has 2 aromatic rings. The van der Waals surface area contributed by atoms with Crippen molar-refractivity contribution in [2.24, 2.45) is 0 Å². The van der Waals surface area contributed by atoms with Crippen LogP contribution < -0.4 is 10.6 Å². The van der Waals surface area contributed by atoms with Gasteiger partial charge in [0.15, 0.2) is 0 Å². The van der Waals surface area contributed by atoms with E-state index in [1.807, 2.05) is 18.4 Å². The van der Waals surface area contributed by atoms with E-state index in [1.54, 1.807) is 42.1 Å². The molecule has 0 saturated carbocycles. The summed E-state index contributed by atoms with van der Waals surface area (Å²) in [6.45, 7) is 1.42. The third-order valence-corrected chi connectivity index (χ3v) is 4.01. The minimum atomic E-state index is -0.248. The van der Waals surface area contributed by atoms with Gasteiger partial charge in [0.25, 0.3) is 5.91 Å². The molecule has 23 heavy (non-hydrogen) atoms. The van der Waals surface area contributed by atoms with E-state index in [4.69, 9.17) is 11.6 Å². The van der Waals surface area contributed by atoms with Crippen LogP contribution in [0.25, 0.3) is 0 Å². The molecule has 0 aliphatic heterocycles. The molecule has 2 amide bonds. The van der Waals surface area contributed by atoms with Gasteiger partial charge in [0, 0.05) is 23.9 Å². The van der Waals surface area contributed by atoms with Gasteiger partial charge in [0.05, 0.1) is 10.7 Å². The summed E-state index contributed by atoms with van der Waals surface area (Å²) in [5, 5.41) is 5.83. The molecule has 0 aliphatic rings. The molecule has 0 spiro atoms. The maximum Gasteiger partial charge on any atom is 0.255 e. The molecule has 2 N–H and O–H groups in total. The molecule has 0 atom stereocenters. The van der Waals surface area contributed by atoms with Crippen LogP contribution in [-0.4, -0.2) is 18.1 Å². The molecule has 0 fully saturated rings. The Balaban J connectivity index is 2.14. The molecular weight excluding hydrogens is 332 g/mol. The number of thioether (sulfide) groups is 1. The second-order valence-electron chi connectivity index (χ2n) is 4.96. The summed E-state index contributed by atoms with van der Waals surface area (Å²) < 4.78 is 0. The zero-order valence-electron chi connectivity index (χ0n) is 12.9. The van der Waals surface area contributed by atoms with Gasteiger partial charge < -0.3 is 10.6 Å². The van der Waals surface area contributed by atoms with Crippen molar-refractivity contribution < 1.29 is 9.59 Å². The first-order valence-electron chi connectivity index (χ1n) is 6.96. The zero-order valence-corrected chi connectivity index (χ0v) is 14.4. The lowest BCUT2D eigenvalue weighted by Crippen LogP contribution is -2.13. The van der Waals surface area contributed by atoms with Crippen LogP contribution in [-0.2, 0) is 10.5 Å². The summed E-state index contributed by atoms with van der Waals surface area (Å²) >= 11 is 7.83. The highest BCUT2D eigenvalue weighted by Gasteiger charge is 2.10. The van der Waals surface area contributed by atoms with E-state index < -0.39 is 0 Å². The molecule has 0 bridgehead atoms. The monoisotopic (exact) mass is 348 g/mol. The maximum atomic E-state index is 12.3. The van der Waals surface area contributed by atoms with Crippen LogP contribution in [0.3, 0.4) is 0 Å². The average molecular weight is 349 g/mol. The molecular formula is C17H17ClN2O2S. The van der Waals surface area contributed by atoms with Crippen molar-refractivity contribution in [2.75, 3.05) is 16.9 Å². The van der Waals surface area contributed by atoms with Gasteiger partial charge in [-0.25, -0.2) is 0 Å². The van der Waals surface area contributed by atoms with Crippen molar-refractivity contribution in [3.63, 3.8) is 0 Å². The summed E-state index contributed by atoms with van der Waals surface area (Å²) in [5.74, 6) is 0.475. The highest BCUT2D eigenvalue weighted by Crippen LogP contribution is 2.26. The first-order chi connectivity index (χ1) is 11.0. The minimum absolute atomic E-state index is 0.186. The number of hydrogen-bond donors (Lipinski definition) is 2. The average Bonchev–Trinajstić information content (AvgIpc) is 2.51. The number of amides is 2. The van der Waals surface area contributed by atoms with Crippen molar-refractivity contribution in [1.29, 1.82) is 0 Å². The number of carbonyl (C=O) groups excluding carboxylic acids is 2. The van der Waals surface area contributed by atoms with E-state index in [2.05, 4.69) is 10.6 Å². The largest absolute Gasteiger partial charge is 0.326 e. The first-order valence-corrected chi connectivity index (χ1v) is 8.73. The van der Waals surface area contributed by atoms with Crippen molar-refractivity contribution in [2.45, 2.75) is 12.7 Å². The fraction of sp³-hybridized carbons (Fsp3) is 0.176. The van der Waals surface area contributed by atoms with Gasteiger partial charge in [-0.1, -0.05) is 23.7 Å². The molecule has 0 aromatic heterocycles. The van der Waals surface area contributed by atoms with Crippen LogP contribution in [0.15, 0.2) is 42.5 Å². The Morgan fingerprint density at radius 2 is 1.78 bits per heavy atom. The Morgan fingerprint density at radius 1 is 1.09 bits per heavy atom. The Bertz CT molecular complexity index is 717. The van der Waals surface area contributed by atoms with E-state index >= 15 is 0 Å². The number of benzene rings is 2. The maximum absolute atomic E-state index is 12.3. The number of hydrogen-bond acceptors (Lipinski definition) is 3. The van der Waals surface area contributed by atoms with Crippen LogP contribution in [0.2, 0.25) is 5.02 Å². The summed E-state index contributed by atoms with van der Waals surface area (Å²) in [4.78, 5) is 23.4. The molecule has 0 saturated heterocycles. The highest BCUT2D eigenvalue weighted by atomic mass is 35.5. The van der Waals surface area contributed by atoms with Gasteiger partial charge in [-0.2, -0.15) is 11.8 Å². The lowest BCUT2D eigenvalue weighted by molar-refractivity contribution is -0.114. The molecule has 0 unspecified atom stereocenters. The number of rotatable bonds is 5. The lowest BCUT2D eigenvalue weighted by atomic mass is 10.1. The molecule has 0 radical (unpaired) electrons. The predicted octanol–water partition coefficient (Wildman–Crippen LogP) is 4.41. The topological polar surface area (TPSA) is 58.2 Å². The van der Waals surface area contributed by atoms with E-state index in [9.17, 15) is 9.59 Å². The second kappa shape index (κ2) is 8.04. The lowest BCUT2D eigenvalue weighted by Gasteiger charge is -2.10. The van der Waals surface area contributed by atoms with Gasteiger partial charge in [0.1, 0.15) is 0 Å². The Morgan fingerprint density at radius 3 is 2.39 bits per heavy atom. The fourth-order valence-electron chi connectivity index (χ4n) is 2.02. The second-order valence-corrected chi connectivity index (χ2v) is 6.23. The molecule has 2 aromatic carbocycles. The molecule has 2 rings (SSSR count). The minimum Gasteiger partial charge on any atom is -0.326 e. The third-order valence-electron chi connectivity index (χ3n) is 3.06. The molecule has 6 heteroatoms. The number of carbonyl (C=O) groups is 2. The van der Waals surface area contributed by atoms with Crippen LogP contribution in [0.1, 0.15) is 22.8 Å². The Kier molecular flexibility index (Phi) is 6.07. The molecule has 0 heterocycles. The summed E-state index contributed by atoms with van der Waals surface area (Å²) in [7, 11) is 0. The van der Waals surface area contributed by atoms with Crippen LogP contribution in [0.5, 0.6) is 0 Å². The Labute approximate surface area is 144 Å². The normalized spacial score (nSPS) is 10.2. The predicted molar refractivity (Wildman–Crippen MR) is 97.4 cm³/mol. The van der Waals surface area contributed by atoms with E-state index in [0.717, 1.165) is 5.75 Å². The van der Waals surface area contributed by atoms with Gasteiger partial charge in [-0.05, 0) is 42.2 Å². The van der Waals surface area contributed by atoms with Crippen LogP contribution in [0.4, 0.5) is 11.4 Å². The molecule has 120 valence electrons. The van der Waals surface area contributed by atoms with Crippen LogP contribution in [0, 0.1) is 0 Å². The van der Waals surface area contributed by atoms with Crippen molar-refractivity contribution in [3.8, 4) is 0 Å². The quantitative estimate of drug-likeness (QED) is 0.841. The van der Waals surface area contributed by atoms with Gasteiger partial charge in [-0.15, -0.1) is 0 Å². The van der Waals surface area contributed by atoms with Gasteiger partial charge in [0.2, 0.25) is 5.91 Å². The Hall–Kier alpha value is -1.98. The zero-order chi connectivity index (χ0) is 16.8. The number of halogens is 1. The van der Waals surface area contributed by atoms with E-state index in [0.29, 0.717) is 22.0 Å². The van der Waals surface area contributed by atoms with Crippen molar-refractivity contribution in [1.82, 2.24) is 0 Å². The fourth-order valence-corrected chi connectivity index (χ4v) is 2.71. The molecule has 0 aliphatic carbocycles. The smallest absolute Gasteiger partial charge is 0.255 e. The standard InChI is InChI=1S/C17H17ClN2O2S/c1-11(21)19-14-7-8-15(18)16(9-14)20-17(22)13-5-3-12(4-6-13)10-23-2/h3-9H,10H2,1-2H3,(H,19,21)(H,20,22). The summed E-state index contributed by atoms with van der Waals surface area (Å²) in [5.41, 5.74) is 2.75. The number of nitrogens with one attached hydrogen (secondary N) is 2. The highest BCUT2D eigenvalue weighted by molar-refractivity contribution is 7.97. The van der Waals surface area contributed by atoms with Gasteiger partial charge >= 0.3 is 0 Å². The van der Waals surface area contributed by atoms with E-state index in [1.165, 1.54) is 12.5 Å². The summed E-state index contributed by atoms with van der Waals surface area (Å²) in [6.07, 6.45) is 2.03. The number of anilines is 2. The van der Waals surface area contributed by atoms with E-state index in [-0.39, 0.29) is 11.8 Å². The third kappa shape index (κ3) is 5.01. The van der Waals surface area contributed by atoms with Crippen molar-refractivity contribution >= 4 is 46.6 Å².